The molecule has 66 valence electrons. The Morgan fingerprint density at radius 1 is 1.08 bits per heavy atom. The first kappa shape index (κ1) is 9.31. The fraction of sp³-hybridized carbons (Fsp3) is 0.500. The normalized spacial score (nSPS) is 15.6. The molecule has 0 saturated heterocycles. The topological polar surface area (TPSA) is 0 Å². The van der Waals surface area contributed by atoms with Crippen LogP contribution in [0.1, 0.15) is 38.7 Å². The van der Waals surface area contributed by atoms with Crippen molar-refractivity contribution in [3.63, 3.8) is 0 Å². The molecule has 0 nitrogen and oxygen atoms in total. The first-order valence-corrected chi connectivity index (χ1v) is 4.80. The highest BCUT2D eigenvalue weighted by Crippen LogP contribution is 2.25. The molecule has 0 aliphatic heterocycles. The molecule has 0 aromatic heterocycles. The van der Waals surface area contributed by atoms with Crippen molar-refractivity contribution in [1.82, 2.24) is 0 Å². The van der Waals surface area contributed by atoms with Gasteiger partial charge in [-0.15, -0.1) is 0 Å². The molecule has 12 heavy (non-hydrogen) atoms. The molecule has 1 rings (SSSR count). The van der Waals surface area contributed by atoms with Crippen LogP contribution in [0.4, 0.5) is 0 Å². The predicted molar refractivity (Wildman–Crippen MR) is 54.3 cm³/mol. The molecular weight excluding hydrogens is 144 g/mol. The lowest BCUT2D eigenvalue weighted by molar-refractivity contribution is 0.473. The van der Waals surface area contributed by atoms with Crippen LogP contribution in [-0.4, -0.2) is 0 Å². The molecule has 0 heterocycles. The molecule has 0 saturated carbocycles. The van der Waals surface area contributed by atoms with Gasteiger partial charge in [-0.25, -0.2) is 0 Å². The standard InChI is InChI=1S/C12H18/c1-4-10(2)11(3)12-8-6-5-7-9-12/h5-11H,4H2,1-3H3/t10-,11+/m1/s1. The van der Waals surface area contributed by atoms with Crippen LogP contribution >= 0.6 is 0 Å². The first-order chi connectivity index (χ1) is 5.75. The zero-order chi connectivity index (χ0) is 8.97. The van der Waals surface area contributed by atoms with Gasteiger partial charge >= 0.3 is 0 Å². The SMILES string of the molecule is CC[C@@H](C)[C@H](C)c1ccccc1. The lowest BCUT2D eigenvalue weighted by Crippen LogP contribution is -2.04. The summed E-state index contributed by atoms with van der Waals surface area (Å²) in [7, 11) is 0. The second kappa shape index (κ2) is 4.30. The third-order valence-corrected chi connectivity index (χ3v) is 2.82. The van der Waals surface area contributed by atoms with E-state index in [-0.39, 0.29) is 0 Å². The second-order valence-electron chi connectivity index (χ2n) is 3.58. The van der Waals surface area contributed by atoms with Gasteiger partial charge in [0.25, 0.3) is 0 Å². The van der Waals surface area contributed by atoms with E-state index in [1.807, 2.05) is 0 Å². The van der Waals surface area contributed by atoms with Gasteiger partial charge in [0.05, 0.1) is 0 Å². The summed E-state index contributed by atoms with van der Waals surface area (Å²) in [6.07, 6.45) is 1.26. The molecule has 0 radical (unpaired) electrons. The van der Waals surface area contributed by atoms with E-state index in [0.29, 0.717) is 5.92 Å². The first-order valence-electron chi connectivity index (χ1n) is 4.80. The summed E-state index contributed by atoms with van der Waals surface area (Å²) in [5.41, 5.74) is 1.46. The van der Waals surface area contributed by atoms with Crippen LogP contribution in [-0.2, 0) is 0 Å². The Morgan fingerprint density at radius 2 is 1.67 bits per heavy atom. The van der Waals surface area contributed by atoms with Crippen molar-refractivity contribution in [1.29, 1.82) is 0 Å². The number of rotatable bonds is 3. The minimum absolute atomic E-state index is 0.691. The maximum absolute atomic E-state index is 2.32. The Morgan fingerprint density at radius 3 is 2.17 bits per heavy atom. The van der Waals surface area contributed by atoms with E-state index in [1.54, 1.807) is 0 Å². The number of hydrogen-bond acceptors (Lipinski definition) is 0. The fourth-order valence-electron chi connectivity index (χ4n) is 1.44. The van der Waals surface area contributed by atoms with Gasteiger partial charge in [0, 0.05) is 0 Å². The second-order valence-corrected chi connectivity index (χ2v) is 3.58. The lowest BCUT2D eigenvalue weighted by atomic mass is 9.87. The molecule has 0 heteroatoms. The van der Waals surface area contributed by atoms with Crippen LogP contribution in [0, 0.1) is 5.92 Å². The molecule has 0 spiro atoms. The van der Waals surface area contributed by atoms with Crippen LogP contribution < -0.4 is 0 Å². The zero-order valence-corrected chi connectivity index (χ0v) is 8.25. The Balaban J connectivity index is 2.71. The van der Waals surface area contributed by atoms with Gasteiger partial charge in [-0.3, -0.25) is 0 Å². The average molecular weight is 162 g/mol. The quantitative estimate of drug-likeness (QED) is 0.633. The Bertz CT molecular complexity index is 213. The van der Waals surface area contributed by atoms with Crippen molar-refractivity contribution < 1.29 is 0 Å². The molecule has 0 bridgehead atoms. The van der Waals surface area contributed by atoms with Crippen molar-refractivity contribution in [2.45, 2.75) is 33.1 Å². The van der Waals surface area contributed by atoms with Crippen LogP contribution in [0.2, 0.25) is 0 Å². The van der Waals surface area contributed by atoms with E-state index in [0.717, 1.165) is 5.92 Å². The molecule has 0 aliphatic carbocycles. The maximum Gasteiger partial charge on any atom is -0.0165 e. The van der Waals surface area contributed by atoms with Gasteiger partial charge < -0.3 is 0 Å². The molecule has 0 fully saturated rings. The average Bonchev–Trinajstić information content (AvgIpc) is 2.17. The highest BCUT2D eigenvalue weighted by atomic mass is 14.2. The van der Waals surface area contributed by atoms with Crippen molar-refractivity contribution >= 4 is 0 Å². The molecular formula is C12H18. The molecule has 0 N–H and O–H groups in total. The van der Waals surface area contributed by atoms with E-state index >= 15 is 0 Å². The molecule has 1 aromatic rings. The maximum atomic E-state index is 2.32. The summed E-state index contributed by atoms with van der Waals surface area (Å²) in [5.74, 6) is 1.48. The highest BCUT2D eigenvalue weighted by Gasteiger charge is 2.10. The Hall–Kier alpha value is -0.780. The van der Waals surface area contributed by atoms with Gasteiger partial charge in [0.15, 0.2) is 0 Å². The lowest BCUT2D eigenvalue weighted by Gasteiger charge is -2.18. The zero-order valence-electron chi connectivity index (χ0n) is 8.25. The van der Waals surface area contributed by atoms with Crippen LogP contribution in [0.25, 0.3) is 0 Å². The summed E-state index contributed by atoms with van der Waals surface area (Å²) in [4.78, 5) is 0. The van der Waals surface area contributed by atoms with Crippen molar-refractivity contribution in [2.24, 2.45) is 5.92 Å². The van der Waals surface area contributed by atoms with E-state index in [2.05, 4.69) is 51.1 Å². The minimum Gasteiger partial charge on any atom is -0.0651 e. The molecule has 0 amide bonds. The van der Waals surface area contributed by atoms with Gasteiger partial charge in [-0.1, -0.05) is 57.5 Å². The van der Waals surface area contributed by atoms with Crippen LogP contribution in [0.15, 0.2) is 30.3 Å². The Labute approximate surface area is 75.6 Å². The van der Waals surface area contributed by atoms with E-state index in [9.17, 15) is 0 Å². The summed E-state index contributed by atoms with van der Waals surface area (Å²) in [6, 6.07) is 10.8. The minimum atomic E-state index is 0.691. The predicted octanol–water partition coefficient (Wildman–Crippen LogP) is 3.84. The van der Waals surface area contributed by atoms with Gasteiger partial charge in [0.1, 0.15) is 0 Å². The summed E-state index contributed by atoms with van der Waals surface area (Å²) in [6.45, 7) is 6.88. The molecule has 0 aliphatic rings. The molecule has 2 atom stereocenters. The van der Waals surface area contributed by atoms with E-state index in [4.69, 9.17) is 0 Å². The van der Waals surface area contributed by atoms with Gasteiger partial charge in [-0.05, 0) is 17.4 Å². The van der Waals surface area contributed by atoms with Gasteiger partial charge in [0.2, 0.25) is 0 Å². The van der Waals surface area contributed by atoms with Crippen molar-refractivity contribution in [3.05, 3.63) is 35.9 Å². The molecule has 1 aromatic carbocycles. The smallest absolute Gasteiger partial charge is 0.0165 e. The number of hydrogen-bond donors (Lipinski definition) is 0. The third kappa shape index (κ3) is 2.10. The Kier molecular flexibility index (Phi) is 3.33. The van der Waals surface area contributed by atoms with E-state index < -0.39 is 0 Å². The van der Waals surface area contributed by atoms with E-state index in [1.165, 1.54) is 12.0 Å². The summed E-state index contributed by atoms with van der Waals surface area (Å²) in [5, 5.41) is 0. The van der Waals surface area contributed by atoms with Crippen LogP contribution in [0.3, 0.4) is 0 Å². The van der Waals surface area contributed by atoms with Gasteiger partial charge in [-0.2, -0.15) is 0 Å². The monoisotopic (exact) mass is 162 g/mol. The highest BCUT2D eigenvalue weighted by molar-refractivity contribution is 5.19. The van der Waals surface area contributed by atoms with Crippen molar-refractivity contribution in [2.75, 3.05) is 0 Å². The third-order valence-electron chi connectivity index (χ3n) is 2.82. The van der Waals surface area contributed by atoms with Crippen LogP contribution in [0.5, 0.6) is 0 Å². The summed E-state index contributed by atoms with van der Waals surface area (Å²) < 4.78 is 0. The summed E-state index contributed by atoms with van der Waals surface area (Å²) >= 11 is 0. The fourth-order valence-corrected chi connectivity index (χ4v) is 1.44. The molecule has 0 unspecified atom stereocenters. The number of benzene rings is 1. The van der Waals surface area contributed by atoms with Crippen molar-refractivity contribution in [3.8, 4) is 0 Å². The largest absolute Gasteiger partial charge is 0.0651 e.